The van der Waals surface area contributed by atoms with E-state index < -0.39 is 0 Å². The van der Waals surface area contributed by atoms with Crippen LogP contribution in [0.15, 0.2) is 54.4 Å². The van der Waals surface area contributed by atoms with Crippen molar-refractivity contribution in [2.45, 2.75) is 30.7 Å². The first kappa shape index (κ1) is 23.0. The van der Waals surface area contributed by atoms with Crippen LogP contribution in [0.4, 0.5) is 5.69 Å². The number of amides is 1. The van der Waals surface area contributed by atoms with Crippen molar-refractivity contribution in [1.82, 2.24) is 29.1 Å². The normalized spacial score (nSPS) is 30.9. The largest absolute Gasteiger partial charge is 0.368 e. The van der Waals surface area contributed by atoms with E-state index in [-0.39, 0.29) is 32.3 Å². The van der Waals surface area contributed by atoms with Crippen molar-refractivity contribution >= 4 is 47.6 Å². The lowest BCUT2D eigenvalue weighted by molar-refractivity contribution is 0.0967. The van der Waals surface area contributed by atoms with Crippen molar-refractivity contribution in [2.75, 3.05) is 31.1 Å². The molecule has 8 rings (SSSR count). The van der Waals surface area contributed by atoms with Gasteiger partial charge in [-0.05, 0) is 80.2 Å². The number of anilines is 1. The Morgan fingerprint density at radius 2 is 2.16 bits per heavy atom. The number of aromatic amines is 1. The third kappa shape index (κ3) is 3.55. The number of benzene rings is 1. The second-order valence-corrected chi connectivity index (χ2v) is 13.1. The van der Waals surface area contributed by atoms with E-state index >= 15 is 0 Å². The van der Waals surface area contributed by atoms with Crippen LogP contribution < -0.4 is 19.1 Å². The number of pyridine rings is 1. The molecule has 1 saturated heterocycles. The van der Waals surface area contributed by atoms with E-state index in [9.17, 15) is 4.79 Å². The SMILES string of the molecule is Cc1cccnc1C12CC1C2c1nc2cc(N3CCNCC3)c(C(=O)NC3=CC4NI=CC4C=C3)cc2[nH]1. The number of rotatable bonds is 5. The van der Waals surface area contributed by atoms with Crippen molar-refractivity contribution in [3.8, 4) is 0 Å². The van der Waals surface area contributed by atoms with E-state index in [4.69, 9.17) is 9.97 Å². The number of aromatic nitrogens is 3. The van der Waals surface area contributed by atoms with Gasteiger partial charge in [0.1, 0.15) is 5.82 Å². The molecule has 5 unspecified atom stereocenters. The lowest BCUT2D eigenvalue weighted by Crippen LogP contribution is -2.44. The minimum atomic E-state index is -0.0718. The van der Waals surface area contributed by atoms with E-state index in [0.29, 0.717) is 29.4 Å². The molecule has 5 atom stereocenters. The molecular formula is C29H30IN7O. The Balaban J connectivity index is 1.13. The average Bonchev–Trinajstić information content (AvgIpc) is 3.65. The first-order valence-corrected chi connectivity index (χ1v) is 15.8. The van der Waals surface area contributed by atoms with Gasteiger partial charge < -0.3 is 20.5 Å². The molecule has 3 aliphatic carbocycles. The monoisotopic (exact) mass is 619 g/mol. The summed E-state index contributed by atoms with van der Waals surface area (Å²) in [6.45, 7) is 5.70. The summed E-state index contributed by atoms with van der Waals surface area (Å²) in [7, 11) is 0. The van der Waals surface area contributed by atoms with Crippen LogP contribution in [-0.2, 0) is 5.41 Å². The standard InChI is InChI=1S/C29H30IN7O/c1-16-3-2-6-32-26(16)29-14-20(29)25(29)27-34-22-12-19(24(13-23(22)35-27)37-9-7-31-8-10-37)28(38)33-18-5-4-17-15-30-36-21(17)11-18/h2-6,11-13,15,17,20-21,25,31,36H,7-10,14H2,1H3,(H,33,38)(H,34,35). The van der Waals surface area contributed by atoms with Crippen molar-refractivity contribution in [2.24, 2.45) is 11.8 Å². The fourth-order valence-corrected chi connectivity index (χ4v) is 9.00. The van der Waals surface area contributed by atoms with Crippen molar-refractivity contribution in [3.63, 3.8) is 0 Å². The molecule has 1 amide bonds. The summed E-state index contributed by atoms with van der Waals surface area (Å²) in [6.07, 6.45) is 9.49. The van der Waals surface area contributed by atoms with E-state index in [1.807, 2.05) is 24.4 Å². The van der Waals surface area contributed by atoms with Crippen LogP contribution in [0.3, 0.4) is 0 Å². The number of carbonyl (C=O) groups excluding carboxylic acids is 1. The van der Waals surface area contributed by atoms with Crippen molar-refractivity contribution in [1.29, 1.82) is 0 Å². The molecule has 194 valence electrons. The number of hydrogen-bond donors (Lipinski definition) is 4. The topological polar surface area (TPSA) is 98.0 Å². The van der Waals surface area contributed by atoms with Crippen LogP contribution in [-0.4, -0.2) is 57.1 Å². The molecule has 8 nitrogen and oxygen atoms in total. The number of aryl methyl sites for hydroxylation is 1. The molecule has 1 aromatic carbocycles. The van der Waals surface area contributed by atoms with Gasteiger partial charge in [-0.1, -0.05) is 12.1 Å². The summed E-state index contributed by atoms with van der Waals surface area (Å²) in [4.78, 5) is 29.4. The maximum absolute atomic E-state index is 13.7. The Kier molecular flexibility index (Phi) is 5.19. The highest BCUT2D eigenvalue weighted by molar-refractivity contribution is 14.2. The van der Waals surface area contributed by atoms with Crippen LogP contribution in [0.5, 0.6) is 0 Å². The van der Waals surface area contributed by atoms with Gasteiger partial charge in [-0.3, -0.25) is 13.3 Å². The number of imidazole rings is 1. The molecule has 0 spiro atoms. The second-order valence-electron chi connectivity index (χ2n) is 11.1. The second kappa shape index (κ2) is 8.56. The van der Waals surface area contributed by atoms with E-state index in [1.165, 1.54) is 17.7 Å². The van der Waals surface area contributed by atoms with Gasteiger partial charge in [0, 0.05) is 61.4 Å². The van der Waals surface area contributed by atoms with E-state index in [2.05, 4.69) is 59.3 Å². The number of halogens is 1. The van der Waals surface area contributed by atoms with Gasteiger partial charge in [-0.25, -0.2) is 4.98 Å². The zero-order valence-corrected chi connectivity index (χ0v) is 23.3. The molecule has 2 aromatic heterocycles. The molecule has 9 heteroatoms. The van der Waals surface area contributed by atoms with Crippen molar-refractivity contribution in [3.05, 3.63) is 77.0 Å². The van der Waals surface area contributed by atoms with E-state index in [1.54, 1.807) is 0 Å². The third-order valence-electron chi connectivity index (χ3n) is 8.90. The molecule has 0 radical (unpaired) electrons. The smallest absolute Gasteiger partial charge is 0.257 e. The van der Waals surface area contributed by atoms with Crippen molar-refractivity contribution < 1.29 is 4.79 Å². The molecule has 4 heterocycles. The quantitative estimate of drug-likeness (QED) is 0.259. The number of fused-ring (bicyclic) bond motifs is 3. The number of carbonyl (C=O) groups is 1. The number of allylic oxidation sites excluding steroid dienone is 1. The summed E-state index contributed by atoms with van der Waals surface area (Å²) >= 11 is -0.0615. The van der Waals surface area contributed by atoms with Crippen LogP contribution in [0, 0.1) is 18.8 Å². The summed E-state index contributed by atoms with van der Waals surface area (Å²) in [5.74, 6) is 2.40. The van der Waals surface area contributed by atoms with Crippen LogP contribution in [0.1, 0.15) is 39.8 Å². The zero-order chi connectivity index (χ0) is 25.4. The Hall–Kier alpha value is -2.89. The number of H-pyrrole nitrogens is 1. The molecule has 0 bridgehead atoms. The van der Waals surface area contributed by atoms with Gasteiger partial charge in [-0.15, -0.1) is 0 Å². The molecule has 3 fully saturated rings. The first-order chi connectivity index (χ1) is 18.6. The average molecular weight is 620 g/mol. The lowest BCUT2D eigenvalue weighted by atomic mass is 9.96. The summed E-state index contributed by atoms with van der Waals surface area (Å²) in [5, 5.41) is 6.61. The summed E-state index contributed by atoms with van der Waals surface area (Å²) < 4.78 is 5.96. The highest BCUT2D eigenvalue weighted by atomic mass is 127. The molecule has 4 N–H and O–H groups in total. The summed E-state index contributed by atoms with van der Waals surface area (Å²) in [6, 6.07) is 8.59. The maximum atomic E-state index is 13.7. The first-order valence-electron chi connectivity index (χ1n) is 13.5. The van der Waals surface area contributed by atoms with Gasteiger partial charge in [0.15, 0.2) is 0 Å². The Morgan fingerprint density at radius 1 is 1.26 bits per heavy atom. The maximum Gasteiger partial charge on any atom is 0.257 e. The molecule has 38 heavy (non-hydrogen) atoms. The number of nitrogens with one attached hydrogen (secondary N) is 4. The molecule has 3 aromatic rings. The van der Waals surface area contributed by atoms with Crippen LogP contribution in [0.2, 0.25) is 0 Å². The number of nitrogens with zero attached hydrogens (tertiary/aromatic N) is 3. The predicted molar refractivity (Wildman–Crippen MR) is 158 cm³/mol. The van der Waals surface area contributed by atoms with Gasteiger partial charge in [-0.2, -0.15) is 0 Å². The molecule has 2 aliphatic heterocycles. The predicted octanol–water partition coefficient (Wildman–Crippen LogP) is 3.19. The van der Waals surface area contributed by atoms with Gasteiger partial charge in [0.05, 0.1) is 28.0 Å². The van der Waals surface area contributed by atoms with Crippen LogP contribution in [0.25, 0.3) is 11.0 Å². The van der Waals surface area contributed by atoms with E-state index in [0.717, 1.165) is 54.4 Å². The fraction of sp³-hybridized carbons (Fsp3) is 0.379. The third-order valence-corrected chi connectivity index (χ3v) is 11.2. The Bertz CT molecular complexity index is 1570. The lowest BCUT2D eigenvalue weighted by Gasteiger charge is -2.31. The van der Waals surface area contributed by atoms with Gasteiger partial charge >= 0.3 is 0 Å². The highest BCUT2D eigenvalue weighted by Gasteiger charge is 2.81. The number of hydrogen-bond acceptors (Lipinski definition) is 6. The van der Waals surface area contributed by atoms with Crippen LogP contribution >= 0.6 is 21.0 Å². The fourth-order valence-electron chi connectivity index (χ4n) is 6.68. The molecular weight excluding hydrogens is 589 g/mol. The zero-order valence-electron chi connectivity index (χ0n) is 21.2. The minimum Gasteiger partial charge on any atom is -0.368 e. The highest BCUT2D eigenvalue weighted by Crippen LogP contribution is 2.83. The minimum absolute atomic E-state index is 0.0615. The van der Waals surface area contributed by atoms with Gasteiger partial charge in [0.2, 0.25) is 0 Å². The molecule has 5 aliphatic rings. The summed E-state index contributed by atoms with van der Waals surface area (Å²) in [5.41, 5.74) is 7.01. The molecule has 2 saturated carbocycles. The number of piperazine rings is 1. The Morgan fingerprint density at radius 3 is 3.00 bits per heavy atom. The Labute approximate surface area is 231 Å². The van der Waals surface area contributed by atoms with Gasteiger partial charge in [0.25, 0.3) is 5.91 Å².